The van der Waals surface area contributed by atoms with E-state index in [2.05, 4.69) is 31.7 Å². The number of nitrogens with one attached hydrogen (secondary N) is 2. The molecule has 3 rings (SSSR count). The third-order valence-electron chi connectivity index (χ3n) is 4.53. The van der Waals surface area contributed by atoms with E-state index in [0.29, 0.717) is 47.0 Å². The van der Waals surface area contributed by atoms with Crippen molar-refractivity contribution in [1.82, 2.24) is 15.0 Å². The van der Waals surface area contributed by atoms with Crippen molar-refractivity contribution in [1.29, 1.82) is 5.26 Å². The van der Waals surface area contributed by atoms with Crippen LogP contribution in [0.3, 0.4) is 0 Å². The Balaban J connectivity index is 1.85. The molecule has 1 amide bonds. The van der Waals surface area contributed by atoms with Crippen LogP contribution in [0.25, 0.3) is 11.1 Å². The molecule has 2 N–H and O–H groups in total. The summed E-state index contributed by atoms with van der Waals surface area (Å²) in [5, 5.41) is 15.2. The molecule has 0 spiro atoms. The molecule has 3 aromatic rings. The Kier molecular flexibility index (Phi) is 7.36. The fraction of sp³-hybridized carbons (Fsp3) is 0.227. The minimum atomic E-state index is -2.77. The lowest BCUT2D eigenvalue weighted by Gasteiger charge is -2.12. The predicted octanol–water partition coefficient (Wildman–Crippen LogP) is 3.97. The average Bonchev–Trinajstić information content (AvgIpc) is 2.80. The van der Waals surface area contributed by atoms with Crippen molar-refractivity contribution in [2.75, 3.05) is 30.9 Å². The second-order valence-corrected chi connectivity index (χ2v) is 6.73. The topological polar surface area (TPSA) is 113 Å². The van der Waals surface area contributed by atoms with Gasteiger partial charge >= 0.3 is 0 Å². The molecule has 164 valence electrons. The van der Waals surface area contributed by atoms with Gasteiger partial charge in [-0.15, -0.1) is 0 Å². The van der Waals surface area contributed by atoms with E-state index in [-0.39, 0.29) is 5.56 Å². The maximum atomic E-state index is 12.9. The molecule has 0 unspecified atom stereocenters. The molecule has 0 aliphatic heterocycles. The molecule has 0 bridgehead atoms. The number of aromatic nitrogens is 3. The molecule has 0 aliphatic rings. The molecule has 3 aromatic heterocycles. The van der Waals surface area contributed by atoms with E-state index in [0.717, 1.165) is 12.3 Å². The van der Waals surface area contributed by atoms with Gasteiger partial charge in [0.05, 0.1) is 24.1 Å². The fourth-order valence-corrected chi connectivity index (χ4v) is 2.92. The lowest BCUT2D eigenvalue weighted by molar-refractivity contribution is 0.102. The SMILES string of the molecule is COCCNc1ncc(-c2cc(NC(=O)c3ccnc(C(F)F)c3)cnc2C)cc1C#N. The second-order valence-electron chi connectivity index (χ2n) is 6.73. The van der Waals surface area contributed by atoms with Crippen LogP contribution in [0.15, 0.2) is 42.9 Å². The van der Waals surface area contributed by atoms with E-state index in [9.17, 15) is 18.8 Å². The van der Waals surface area contributed by atoms with Crippen LogP contribution in [0, 0.1) is 18.3 Å². The Morgan fingerprint density at radius 2 is 2.03 bits per heavy atom. The Bertz CT molecular complexity index is 1160. The molecular weight excluding hydrogens is 418 g/mol. The van der Waals surface area contributed by atoms with Gasteiger partial charge in [0, 0.05) is 48.4 Å². The summed E-state index contributed by atoms with van der Waals surface area (Å²) in [4.78, 5) is 24.7. The van der Waals surface area contributed by atoms with Crippen molar-refractivity contribution in [3.8, 4) is 17.2 Å². The number of pyridine rings is 3. The standard InChI is InChI=1S/C22H20F2N6O2/c1-13-18(16-7-15(10-25)21(29-11-16)27-5-6-32-2)9-17(12-28-13)30-22(31)14-3-4-26-19(8-14)20(23)24/h3-4,7-9,11-12,20H,5-6H2,1-2H3,(H,27,29)(H,30,31). The van der Waals surface area contributed by atoms with E-state index in [1.165, 1.54) is 12.3 Å². The van der Waals surface area contributed by atoms with Crippen LogP contribution in [0.4, 0.5) is 20.3 Å². The Labute approximate surface area is 183 Å². The van der Waals surface area contributed by atoms with E-state index in [4.69, 9.17) is 4.74 Å². The van der Waals surface area contributed by atoms with E-state index in [1.807, 2.05) is 0 Å². The zero-order valence-electron chi connectivity index (χ0n) is 17.4. The molecular formula is C22H20F2N6O2. The summed E-state index contributed by atoms with van der Waals surface area (Å²) in [5.41, 5.74) is 2.27. The van der Waals surface area contributed by atoms with Crippen molar-refractivity contribution < 1.29 is 18.3 Å². The molecule has 0 fully saturated rings. The molecule has 8 nitrogen and oxygen atoms in total. The first-order valence-corrected chi connectivity index (χ1v) is 9.58. The summed E-state index contributed by atoms with van der Waals surface area (Å²) in [6.07, 6.45) is 1.45. The summed E-state index contributed by atoms with van der Waals surface area (Å²) in [5.74, 6) is -0.129. The van der Waals surface area contributed by atoms with E-state index in [1.54, 1.807) is 32.4 Å². The lowest BCUT2D eigenvalue weighted by atomic mass is 10.0. The van der Waals surface area contributed by atoms with Gasteiger partial charge in [-0.3, -0.25) is 14.8 Å². The molecule has 0 aromatic carbocycles. The Hall–Kier alpha value is -3.97. The highest BCUT2D eigenvalue weighted by atomic mass is 19.3. The number of nitriles is 1. The lowest BCUT2D eigenvalue weighted by Crippen LogP contribution is -2.13. The highest BCUT2D eigenvalue weighted by Crippen LogP contribution is 2.27. The Morgan fingerprint density at radius 3 is 2.75 bits per heavy atom. The minimum Gasteiger partial charge on any atom is -0.383 e. The van der Waals surface area contributed by atoms with Crippen molar-refractivity contribution in [2.45, 2.75) is 13.3 Å². The van der Waals surface area contributed by atoms with Gasteiger partial charge in [-0.05, 0) is 31.2 Å². The highest BCUT2D eigenvalue weighted by Gasteiger charge is 2.15. The number of carbonyl (C=O) groups excluding carboxylic acids is 1. The fourth-order valence-electron chi connectivity index (χ4n) is 2.92. The molecule has 0 radical (unpaired) electrons. The molecule has 0 aliphatic carbocycles. The number of anilines is 2. The number of methoxy groups -OCH3 is 1. The number of ether oxygens (including phenoxy) is 1. The van der Waals surface area contributed by atoms with E-state index < -0.39 is 18.0 Å². The molecule has 3 heterocycles. The molecule has 0 atom stereocenters. The smallest absolute Gasteiger partial charge is 0.280 e. The van der Waals surface area contributed by atoms with Gasteiger partial charge in [0.25, 0.3) is 12.3 Å². The van der Waals surface area contributed by atoms with Crippen LogP contribution >= 0.6 is 0 Å². The third kappa shape index (κ3) is 5.39. The van der Waals surface area contributed by atoms with Gasteiger partial charge in [-0.1, -0.05) is 0 Å². The highest BCUT2D eigenvalue weighted by molar-refractivity contribution is 6.04. The zero-order valence-corrected chi connectivity index (χ0v) is 17.4. The monoisotopic (exact) mass is 438 g/mol. The van der Waals surface area contributed by atoms with Gasteiger partial charge < -0.3 is 15.4 Å². The van der Waals surface area contributed by atoms with Crippen LogP contribution in [0.2, 0.25) is 0 Å². The number of amides is 1. The second kappa shape index (κ2) is 10.4. The van der Waals surface area contributed by atoms with Gasteiger partial charge in [0.15, 0.2) is 0 Å². The minimum absolute atomic E-state index is 0.0531. The molecule has 32 heavy (non-hydrogen) atoms. The number of rotatable bonds is 8. The summed E-state index contributed by atoms with van der Waals surface area (Å²) in [6, 6.07) is 7.87. The largest absolute Gasteiger partial charge is 0.383 e. The normalized spacial score (nSPS) is 10.6. The van der Waals surface area contributed by atoms with E-state index >= 15 is 0 Å². The first-order chi connectivity index (χ1) is 15.4. The summed E-state index contributed by atoms with van der Waals surface area (Å²) < 4.78 is 30.7. The number of carbonyl (C=O) groups is 1. The van der Waals surface area contributed by atoms with Crippen LogP contribution < -0.4 is 10.6 Å². The van der Waals surface area contributed by atoms with Crippen LogP contribution in [-0.4, -0.2) is 41.1 Å². The first-order valence-electron chi connectivity index (χ1n) is 9.58. The summed E-state index contributed by atoms with van der Waals surface area (Å²) in [6.45, 7) is 2.76. The van der Waals surface area contributed by atoms with Crippen molar-refractivity contribution in [3.05, 3.63) is 65.4 Å². The number of alkyl halides is 2. The van der Waals surface area contributed by atoms with Crippen LogP contribution in [0.5, 0.6) is 0 Å². The first kappa shape index (κ1) is 22.7. The number of hydrogen-bond donors (Lipinski definition) is 2. The zero-order chi connectivity index (χ0) is 23.1. The third-order valence-corrected chi connectivity index (χ3v) is 4.53. The van der Waals surface area contributed by atoms with Crippen LogP contribution in [-0.2, 0) is 4.74 Å². The van der Waals surface area contributed by atoms with Crippen molar-refractivity contribution in [2.24, 2.45) is 0 Å². The molecule has 0 saturated heterocycles. The van der Waals surface area contributed by atoms with Crippen molar-refractivity contribution >= 4 is 17.4 Å². The van der Waals surface area contributed by atoms with Crippen LogP contribution in [0.1, 0.15) is 33.7 Å². The van der Waals surface area contributed by atoms with Gasteiger partial charge in [-0.2, -0.15) is 5.26 Å². The number of hydrogen-bond acceptors (Lipinski definition) is 7. The quantitative estimate of drug-likeness (QED) is 0.512. The number of halogens is 2. The van der Waals surface area contributed by atoms with Crippen molar-refractivity contribution in [3.63, 3.8) is 0 Å². The number of nitrogens with zero attached hydrogens (tertiary/aromatic N) is 4. The summed E-state index contributed by atoms with van der Waals surface area (Å²) >= 11 is 0. The Morgan fingerprint density at radius 1 is 1.22 bits per heavy atom. The number of aryl methyl sites for hydroxylation is 1. The average molecular weight is 438 g/mol. The maximum absolute atomic E-state index is 12.9. The molecule has 10 heteroatoms. The van der Waals surface area contributed by atoms with Gasteiger partial charge in [0.2, 0.25) is 0 Å². The maximum Gasteiger partial charge on any atom is 0.280 e. The summed E-state index contributed by atoms with van der Waals surface area (Å²) in [7, 11) is 1.58. The van der Waals surface area contributed by atoms with Gasteiger partial charge in [0.1, 0.15) is 17.6 Å². The molecule has 0 saturated carbocycles. The van der Waals surface area contributed by atoms with Gasteiger partial charge in [-0.25, -0.2) is 13.8 Å². The predicted molar refractivity (Wildman–Crippen MR) is 114 cm³/mol.